The molecule has 2 aromatic rings. The lowest BCUT2D eigenvalue weighted by molar-refractivity contribution is 0.439. The van der Waals surface area contributed by atoms with Gasteiger partial charge < -0.3 is 9.21 Å². The maximum absolute atomic E-state index is 14.4. The van der Waals surface area contributed by atoms with Crippen LogP contribution in [-0.4, -0.2) is 17.6 Å². The number of rotatable bonds is 8. The van der Waals surface area contributed by atoms with Gasteiger partial charge in [-0.25, -0.2) is 0 Å². The highest BCUT2D eigenvalue weighted by atomic mass is 19.2. The van der Waals surface area contributed by atoms with Crippen molar-refractivity contribution in [2.75, 3.05) is 0 Å². The minimum absolute atomic E-state index is 0.486. The van der Waals surface area contributed by atoms with Gasteiger partial charge in [0.1, 0.15) is 11.5 Å². The first-order valence-corrected chi connectivity index (χ1v) is 11.6. The number of benzene rings is 1. The van der Waals surface area contributed by atoms with Crippen LogP contribution in [0, 0.1) is 13.8 Å². The van der Waals surface area contributed by atoms with Crippen molar-refractivity contribution in [3.8, 4) is 5.75 Å². The Morgan fingerprint density at radius 2 is 1.65 bits per heavy atom. The third kappa shape index (κ3) is 4.46. The zero-order chi connectivity index (χ0) is 25.3. The number of hydrogen-bond donors (Lipinski definition) is 0. The number of nitrogens with zero attached hydrogens (tertiary/aromatic N) is 2. The molecule has 1 aromatic heterocycles. The van der Waals surface area contributed by atoms with Crippen molar-refractivity contribution in [1.82, 2.24) is 4.48 Å². The van der Waals surface area contributed by atoms with Crippen LogP contribution in [0.2, 0.25) is 0 Å². The van der Waals surface area contributed by atoms with E-state index >= 15 is 0 Å². The van der Waals surface area contributed by atoms with Gasteiger partial charge in [-0.3, -0.25) is 13.6 Å². The maximum Gasteiger partial charge on any atom is 0.677 e. The topological polar surface area (TPSA) is 26.5 Å². The zero-order valence-electron chi connectivity index (χ0n) is 21.3. The lowest BCUT2D eigenvalue weighted by Gasteiger charge is -2.17. The van der Waals surface area contributed by atoms with Crippen LogP contribution in [0.1, 0.15) is 69.1 Å². The molecular weight excluding hydrogens is 429 g/mol. The number of aliphatic imine (C=N–C) groups is 1. The van der Waals surface area contributed by atoms with E-state index in [2.05, 4.69) is 20.1 Å². The number of allylic oxidation sites excluding steroid dienone is 3. The fraction of sp³-hybridized carbons (Fsp3) is 0.321. The second-order valence-corrected chi connectivity index (χ2v) is 8.75. The molecular formula is C28H33BF2N2O. The molecule has 1 aliphatic rings. The Kier molecular flexibility index (Phi) is 7.49. The van der Waals surface area contributed by atoms with Gasteiger partial charge in [-0.2, -0.15) is 0 Å². The molecule has 178 valence electrons. The van der Waals surface area contributed by atoms with Gasteiger partial charge >= 0.3 is 7.40 Å². The Balaban J connectivity index is 2.33. The van der Waals surface area contributed by atoms with Crippen molar-refractivity contribution in [1.29, 1.82) is 0 Å². The van der Waals surface area contributed by atoms with Gasteiger partial charge in [0, 0.05) is 22.7 Å². The van der Waals surface area contributed by atoms with Crippen LogP contribution in [0.15, 0.2) is 70.6 Å². The van der Waals surface area contributed by atoms with Crippen LogP contribution in [0.25, 0.3) is 5.57 Å². The first-order valence-electron chi connectivity index (χ1n) is 11.6. The molecule has 0 spiro atoms. The minimum atomic E-state index is -2.66. The van der Waals surface area contributed by atoms with Gasteiger partial charge in [0.05, 0.1) is 5.70 Å². The van der Waals surface area contributed by atoms with Gasteiger partial charge in [0.25, 0.3) is 0 Å². The molecule has 34 heavy (non-hydrogen) atoms. The van der Waals surface area contributed by atoms with E-state index in [1.54, 1.807) is 6.92 Å². The highest BCUT2D eigenvalue weighted by molar-refractivity contribution is 6.41. The summed E-state index contributed by atoms with van der Waals surface area (Å²) in [6, 6.07) is 7.45. The molecule has 0 aliphatic carbocycles. The molecule has 1 aliphatic heterocycles. The first-order chi connectivity index (χ1) is 16.0. The SMILES string of the molecule is C=C(C)C(=C)Oc1ccc(/C(=C2/N=C(C)C(CC)=C2C)c2c(C)c(CC)c(C)n2B(F)F)cc1. The molecule has 0 bridgehead atoms. The van der Waals surface area contributed by atoms with Gasteiger partial charge in [-0.1, -0.05) is 39.1 Å². The van der Waals surface area contributed by atoms with Crippen molar-refractivity contribution >= 4 is 18.7 Å². The van der Waals surface area contributed by atoms with Crippen LogP contribution in [0.3, 0.4) is 0 Å². The molecule has 0 amide bonds. The molecule has 0 N–H and O–H groups in total. The average molecular weight is 462 g/mol. The zero-order valence-corrected chi connectivity index (χ0v) is 21.3. The summed E-state index contributed by atoms with van der Waals surface area (Å²) in [6.45, 7) is 21.4. The maximum atomic E-state index is 14.4. The summed E-state index contributed by atoms with van der Waals surface area (Å²) in [5, 5.41) is 0. The van der Waals surface area contributed by atoms with Crippen LogP contribution < -0.4 is 4.74 Å². The third-order valence-electron chi connectivity index (χ3n) is 6.61. The summed E-state index contributed by atoms with van der Waals surface area (Å²) >= 11 is 0. The molecule has 0 saturated heterocycles. The van der Waals surface area contributed by atoms with Crippen molar-refractivity contribution in [3.63, 3.8) is 0 Å². The van der Waals surface area contributed by atoms with E-state index in [0.29, 0.717) is 34.9 Å². The molecule has 0 fully saturated rings. The van der Waals surface area contributed by atoms with E-state index in [-0.39, 0.29) is 0 Å². The third-order valence-corrected chi connectivity index (χ3v) is 6.61. The summed E-state index contributed by atoms with van der Waals surface area (Å²) in [4.78, 5) is 4.88. The van der Waals surface area contributed by atoms with Gasteiger partial charge in [-0.15, -0.1) is 0 Å². The molecule has 0 radical (unpaired) electrons. The summed E-state index contributed by atoms with van der Waals surface area (Å²) in [5.41, 5.74) is 9.06. The van der Waals surface area contributed by atoms with Crippen LogP contribution in [0.5, 0.6) is 5.75 Å². The number of hydrogen-bond acceptors (Lipinski definition) is 2. The normalized spacial score (nSPS) is 14.9. The van der Waals surface area contributed by atoms with Crippen molar-refractivity contribution in [2.24, 2.45) is 4.99 Å². The largest absolute Gasteiger partial charge is 0.677 e. The molecule has 0 unspecified atom stereocenters. The van der Waals surface area contributed by atoms with Crippen LogP contribution >= 0.6 is 0 Å². The molecule has 1 aromatic carbocycles. The van der Waals surface area contributed by atoms with Crippen LogP contribution in [-0.2, 0) is 6.42 Å². The molecule has 3 rings (SSSR count). The van der Waals surface area contributed by atoms with Crippen molar-refractivity contribution < 1.29 is 13.4 Å². The summed E-state index contributed by atoms with van der Waals surface area (Å²) in [5.74, 6) is 1.10. The quantitative estimate of drug-likeness (QED) is 0.223. The minimum Gasteiger partial charge on any atom is -0.458 e. The second-order valence-electron chi connectivity index (χ2n) is 8.75. The number of ether oxygens (including phenoxy) is 1. The summed E-state index contributed by atoms with van der Waals surface area (Å²) in [6.07, 6.45) is 1.52. The molecule has 3 nitrogen and oxygen atoms in total. The Morgan fingerprint density at radius 3 is 2.12 bits per heavy atom. The predicted octanol–water partition coefficient (Wildman–Crippen LogP) is 7.87. The number of halogens is 2. The number of aromatic nitrogens is 1. The molecule has 2 heterocycles. The standard InChI is InChI=1S/C28H33BF2N2O/c1-10-24-17(5)27(32-19(24)7)26(22-12-14-23(15-13-22)34-21(9)16(3)4)28-18(6)25(11-2)20(8)33(28)29(30)31/h12-15H,3,9-11H2,1-2,4-8H3/b27-26-. The van der Waals surface area contributed by atoms with E-state index in [1.165, 1.54) is 0 Å². The van der Waals surface area contributed by atoms with Crippen LogP contribution in [0.4, 0.5) is 8.63 Å². The fourth-order valence-corrected chi connectivity index (χ4v) is 4.78. The Morgan fingerprint density at radius 1 is 1.03 bits per heavy atom. The molecule has 0 atom stereocenters. The van der Waals surface area contributed by atoms with Gasteiger partial charge in [0.2, 0.25) is 0 Å². The fourth-order valence-electron chi connectivity index (χ4n) is 4.78. The summed E-state index contributed by atoms with van der Waals surface area (Å²) in [7, 11) is -2.66. The van der Waals surface area contributed by atoms with Gasteiger partial charge in [0.15, 0.2) is 0 Å². The first kappa shape index (κ1) is 25.5. The molecule has 0 saturated carbocycles. The highest BCUT2D eigenvalue weighted by Gasteiger charge is 2.32. The molecule has 6 heteroatoms. The van der Waals surface area contributed by atoms with Gasteiger partial charge in [-0.05, 0) is 93.0 Å². The van der Waals surface area contributed by atoms with E-state index in [1.807, 2.05) is 58.9 Å². The highest BCUT2D eigenvalue weighted by Crippen LogP contribution is 2.41. The monoisotopic (exact) mass is 462 g/mol. The predicted molar refractivity (Wildman–Crippen MR) is 140 cm³/mol. The van der Waals surface area contributed by atoms with E-state index in [9.17, 15) is 8.63 Å². The second kappa shape index (κ2) is 10.0. The van der Waals surface area contributed by atoms with Crippen molar-refractivity contribution in [2.45, 2.75) is 61.3 Å². The van der Waals surface area contributed by atoms with E-state index in [0.717, 1.165) is 55.7 Å². The smallest absolute Gasteiger partial charge is 0.458 e. The Bertz CT molecular complexity index is 1240. The van der Waals surface area contributed by atoms with E-state index < -0.39 is 7.40 Å². The average Bonchev–Trinajstić information content (AvgIpc) is 3.20. The lowest BCUT2D eigenvalue weighted by atomic mass is 9.92. The summed E-state index contributed by atoms with van der Waals surface area (Å²) < 4.78 is 35.8. The van der Waals surface area contributed by atoms with Crippen molar-refractivity contribution in [3.05, 3.63) is 93.7 Å². The van der Waals surface area contributed by atoms with E-state index in [4.69, 9.17) is 9.73 Å². The Hall–Kier alpha value is -3.15. The Labute approximate surface area is 202 Å². The lowest BCUT2D eigenvalue weighted by Crippen LogP contribution is -2.18.